The average Bonchev–Trinajstić information content (AvgIpc) is 2.58. The lowest BCUT2D eigenvalue weighted by molar-refractivity contribution is -0.0744. The largest absolute Gasteiger partial charge is 0.389 e. The zero-order valence-corrected chi connectivity index (χ0v) is 16.3. The third-order valence-electron chi connectivity index (χ3n) is 7.90. The molecule has 3 nitrogen and oxygen atoms in total. The Hall–Kier alpha value is -0.120. The van der Waals surface area contributed by atoms with Gasteiger partial charge in [-0.05, 0) is 93.4 Å². The van der Waals surface area contributed by atoms with E-state index in [0.717, 1.165) is 43.4 Å². The summed E-state index contributed by atoms with van der Waals surface area (Å²) >= 11 is 0. The zero-order chi connectivity index (χ0) is 17.3. The Balaban J connectivity index is 1.15. The van der Waals surface area contributed by atoms with Crippen molar-refractivity contribution in [3.05, 3.63) is 0 Å². The fourth-order valence-corrected chi connectivity index (χ4v) is 7.11. The van der Waals surface area contributed by atoms with Crippen LogP contribution in [-0.4, -0.2) is 49.0 Å². The van der Waals surface area contributed by atoms with Crippen LogP contribution in [0.1, 0.15) is 71.1 Å². The van der Waals surface area contributed by atoms with Crippen LogP contribution in [0.5, 0.6) is 0 Å². The van der Waals surface area contributed by atoms with Crippen molar-refractivity contribution in [1.82, 2.24) is 4.90 Å². The molecule has 5 aliphatic rings. The summed E-state index contributed by atoms with van der Waals surface area (Å²) in [5, 5.41) is 10.4. The van der Waals surface area contributed by atoms with Crippen molar-refractivity contribution in [1.29, 1.82) is 0 Å². The van der Waals surface area contributed by atoms with Crippen LogP contribution in [-0.2, 0) is 4.74 Å². The van der Waals surface area contributed by atoms with Gasteiger partial charge < -0.3 is 14.7 Å². The van der Waals surface area contributed by atoms with Crippen LogP contribution < -0.4 is 0 Å². The van der Waals surface area contributed by atoms with E-state index in [2.05, 4.69) is 11.8 Å². The predicted molar refractivity (Wildman–Crippen MR) is 102 cm³/mol. The summed E-state index contributed by atoms with van der Waals surface area (Å²) in [6.07, 6.45) is 13.8. The molecule has 0 radical (unpaired) electrons. The molecule has 5 fully saturated rings. The zero-order valence-electron chi connectivity index (χ0n) is 16.3. The van der Waals surface area contributed by atoms with Gasteiger partial charge in [0.25, 0.3) is 0 Å². The summed E-state index contributed by atoms with van der Waals surface area (Å²) < 4.78 is 5.95. The van der Waals surface area contributed by atoms with E-state index in [9.17, 15) is 5.11 Å². The predicted octanol–water partition coefficient (Wildman–Crippen LogP) is 4.09. The summed E-state index contributed by atoms with van der Waals surface area (Å²) in [6.45, 7) is 6.80. The molecule has 2 atom stereocenters. The summed E-state index contributed by atoms with van der Waals surface area (Å²) in [5.74, 6) is 3.92. The van der Waals surface area contributed by atoms with Gasteiger partial charge in [0, 0.05) is 19.7 Å². The molecule has 0 aromatic carbocycles. The second kappa shape index (κ2) is 7.86. The molecule has 4 aliphatic carbocycles. The molecule has 1 saturated heterocycles. The average molecular weight is 350 g/mol. The Morgan fingerprint density at radius 1 is 1.12 bits per heavy atom. The van der Waals surface area contributed by atoms with Crippen molar-refractivity contribution in [2.24, 2.45) is 29.1 Å². The molecule has 0 unspecified atom stereocenters. The summed E-state index contributed by atoms with van der Waals surface area (Å²) in [6, 6.07) is 0. The van der Waals surface area contributed by atoms with E-state index in [1.54, 1.807) is 0 Å². The number of ether oxygens (including phenoxy) is 1. The number of aliphatic hydroxyl groups is 1. The normalized spacial score (nSPS) is 42.0. The van der Waals surface area contributed by atoms with Gasteiger partial charge in [-0.3, -0.25) is 0 Å². The Labute approximate surface area is 154 Å². The van der Waals surface area contributed by atoms with Gasteiger partial charge in [0.2, 0.25) is 0 Å². The fraction of sp³-hybridized carbons (Fsp3) is 1.00. The van der Waals surface area contributed by atoms with Crippen molar-refractivity contribution in [2.75, 3.05) is 32.8 Å². The molecule has 0 spiro atoms. The molecular formula is C22H39NO2. The van der Waals surface area contributed by atoms with Gasteiger partial charge in [0.05, 0.1) is 12.7 Å². The van der Waals surface area contributed by atoms with Crippen molar-refractivity contribution < 1.29 is 9.84 Å². The molecule has 1 N–H and O–H groups in total. The smallest absolute Gasteiger partial charge is 0.0900 e. The maximum absolute atomic E-state index is 10.4. The van der Waals surface area contributed by atoms with E-state index in [1.807, 2.05) is 0 Å². The highest BCUT2D eigenvalue weighted by Gasteiger charge is 2.50. The van der Waals surface area contributed by atoms with E-state index < -0.39 is 0 Å². The highest BCUT2D eigenvalue weighted by molar-refractivity contribution is 5.01. The number of β-amino-alcohol motifs (C(OH)–C–C–N with tert-alkyl or cyclic N) is 1. The first-order chi connectivity index (χ1) is 12.1. The molecule has 1 aliphatic heterocycles. The van der Waals surface area contributed by atoms with Gasteiger partial charge in [-0.25, -0.2) is 0 Å². The molecule has 25 heavy (non-hydrogen) atoms. The van der Waals surface area contributed by atoms with Crippen LogP contribution in [0.2, 0.25) is 0 Å². The van der Waals surface area contributed by atoms with E-state index >= 15 is 0 Å². The summed E-state index contributed by atoms with van der Waals surface area (Å²) in [7, 11) is 0. The van der Waals surface area contributed by atoms with E-state index in [0.29, 0.717) is 12.0 Å². The molecule has 0 amide bonds. The number of rotatable bonds is 8. The number of nitrogens with zero attached hydrogens (tertiary/aromatic N) is 1. The van der Waals surface area contributed by atoms with Crippen molar-refractivity contribution in [2.45, 2.75) is 77.2 Å². The van der Waals surface area contributed by atoms with E-state index in [1.165, 1.54) is 70.8 Å². The fourth-order valence-electron chi connectivity index (χ4n) is 7.11. The van der Waals surface area contributed by atoms with Crippen LogP contribution in [0.25, 0.3) is 0 Å². The molecule has 3 heteroatoms. The third-order valence-corrected chi connectivity index (χ3v) is 7.90. The number of aliphatic hydroxyl groups excluding tert-OH is 1. The first-order valence-corrected chi connectivity index (χ1v) is 11.1. The van der Waals surface area contributed by atoms with Gasteiger partial charge in [-0.15, -0.1) is 0 Å². The number of hydrogen-bond acceptors (Lipinski definition) is 3. The second-order valence-corrected chi connectivity index (χ2v) is 10.1. The lowest BCUT2D eigenvalue weighted by Crippen LogP contribution is -2.46. The summed E-state index contributed by atoms with van der Waals surface area (Å²) in [4.78, 5) is 2.45. The monoisotopic (exact) mass is 349 g/mol. The molecule has 0 aromatic rings. The Kier molecular flexibility index (Phi) is 5.74. The number of piperidine rings is 1. The topological polar surface area (TPSA) is 32.7 Å². The molecule has 4 saturated carbocycles. The van der Waals surface area contributed by atoms with Gasteiger partial charge >= 0.3 is 0 Å². The van der Waals surface area contributed by atoms with Crippen LogP contribution in [0.3, 0.4) is 0 Å². The number of likely N-dealkylation sites (tertiary alicyclic amines) is 1. The Morgan fingerprint density at radius 3 is 2.44 bits per heavy atom. The standard InChI is InChI=1S/C22H39NO2/c1-2-17-4-3-6-23(14-17)15-21(24)16-25-7-5-22-11-18-8-19(12-22)10-20(9-18)13-22/h17-21,24H,2-16H2,1H3/t17-,18?,19?,20?,21-,22?/m1/s1. The molecule has 1 heterocycles. The maximum Gasteiger partial charge on any atom is 0.0900 e. The highest BCUT2D eigenvalue weighted by atomic mass is 16.5. The van der Waals surface area contributed by atoms with Crippen LogP contribution in [0.4, 0.5) is 0 Å². The summed E-state index contributed by atoms with van der Waals surface area (Å²) in [5.41, 5.74) is 0.612. The quantitative estimate of drug-likeness (QED) is 0.670. The number of hydrogen-bond donors (Lipinski definition) is 1. The minimum atomic E-state index is -0.313. The van der Waals surface area contributed by atoms with Crippen LogP contribution in [0.15, 0.2) is 0 Å². The SMILES string of the molecule is CC[C@@H]1CCCN(C[C@@H](O)COCCC23CC4CC(CC(C4)C2)C3)C1. The van der Waals surface area contributed by atoms with Crippen molar-refractivity contribution in [3.63, 3.8) is 0 Å². The van der Waals surface area contributed by atoms with Crippen molar-refractivity contribution in [3.8, 4) is 0 Å². The maximum atomic E-state index is 10.4. The third kappa shape index (κ3) is 4.42. The lowest BCUT2D eigenvalue weighted by atomic mass is 9.49. The minimum absolute atomic E-state index is 0.313. The first-order valence-electron chi connectivity index (χ1n) is 11.1. The molecule has 144 valence electrons. The van der Waals surface area contributed by atoms with Gasteiger partial charge in [-0.2, -0.15) is 0 Å². The molecular weight excluding hydrogens is 310 g/mol. The van der Waals surface area contributed by atoms with E-state index in [-0.39, 0.29) is 6.10 Å². The van der Waals surface area contributed by atoms with Gasteiger partial charge in [0.15, 0.2) is 0 Å². The highest BCUT2D eigenvalue weighted by Crippen LogP contribution is 2.61. The lowest BCUT2D eigenvalue weighted by Gasteiger charge is -2.57. The minimum Gasteiger partial charge on any atom is -0.389 e. The van der Waals surface area contributed by atoms with E-state index in [4.69, 9.17) is 4.74 Å². The Bertz CT molecular complexity index is 402. The van der Waals surface area contributed by atoms with Gasteiger partial charge in [0.1, 0.15) is 0 Å². The van der Waals surface area contributed by atoms with Crippen LogP contribution in [0, 0.1) is 29.1 Å². The Morgan fingerprint density at radius 2 is 1.80 bits per heavy atom. The molecule has 0 aromatic heterocycles. The van der Waals surface area contributed by atoms with Gasteiger partial charge in [-0.1, -0.05) is 13.3 Å². The van der Waals surface area contributed by atoms with Crippen molar-refractivity contribution >= 4 is 0 Å². The molecule has 4 bridgehead atoms. The van der Waals surface area contributed by atoms with Crippen LogP contribution >= 0.6 is 0 Å². The molecule has 5 rings (SSSR count). The second-order valence-electron chi connectivity index (χ2n) is 10.1. The first kappa shape index (κ1) is 18.3.